The number of nitrogens with one attached hydrogen (secondary N) is 1. The third kappa shape index (κ3) is 2.66. The van der Waals surface area contributed by atoms with Gasteiger partial charge in [0.2, 0.25) is 5.95 Å². The lowest BCUT2D eigenvalue weighted by atomic mass is 10.00. The molecule has 154 valence electrons. The SMILES string of the molecule is Cc1ccc2c(c1)ncn2-c1ncc2[nH]c(=O)n([C@@H]3CCOc4c(F)cccc43)c2n1. The lowest BCUT2D eigenvalue weighted by Crippen LogP contribution is -2.28. The molecule has 4 heterocycles. The first-order valence-electron chi connectivity index (χ1n) is 9.93. The number of aromatic nitrogens is 6. The number of hydrogen-bond acceptors (Lipinski definition) is 5. The Labute approximate surface area is 175 Å². The Kier molecular flexibility index (Phi) is 3.73. The molecular formula is C22H17FN6O2. The molecular weight excluding hydrogens is 399 g/mol. The second kappa shape index (κ2) is 6.49. The molecule has 31 heavy (non-hydrogen) atoms. The van der Waals surface area contributed by atoms with E-state index in [0.717, 1.165) is 16.6 Å². The Balaban J connectivity index is 1.55. The van der Waals surface area contributed by atoms with E-state index in [9.17, 15) is 9.18 Å². The van der Waals surface area contributed by atoms with E-state index >= 15 is 0 Å². The van der Waals surface area contributed by atoms with Crippen LogP contribution in [-0.4, -0.2) is 35.7 Å². The monoisotopic (exact) mass is 416 g/mol. The lowest BCUT2D eigenvalue weighted by molar-refractivity contribution is 0.244. The molecule has 0 spiro atoms. The van der Waals surface area contributed by atoms with Crippen molar-refractivity contribution in [3.05, 3.63) is 76.4 Å². The van der Waals surface area contributed by atoms with Gasteiger partial charge in [-0.15, -0.1) is 0 Å². The normalized spacial score (nSPS) is 15.9. The van der Waals surface area contributed by atoms with Crippen molar-refractivity contribution in [3.63, 3.8) is 0 Å². The number of benzene rings is 2. The second-order valence-electron chi connectivity index (χ2n) is 7.63. The Morgan fingerprint density at radius 1 is 1.23 bits per heavy atom. The van der Waals surface area contributed by atoms with Crippen molar-refractivity contribution in [2.45, 2.75) is 19.4 Å². The van der Waals surface area contributed by atoms with Gasteiger partial charge in [-0.25, -0.2) is 19.2 Å². The first-order chi connectivity index (χ1) is 15.1. The highest BCUT2D eigenvalue weighted by molar-refractivity contribution is 5.78. The van der Waals surface area contributed by atoms with Crippen LogP contribution in [0.2, 0.25) is 0 Å². The zero-order valence-corrected chi connectivity index (χ0v) is 16.5. The van der Waals surface area contributed by atoms with E-state index in [1.807, 2.05) is 25.1 Å². The molecule has 0 aliphatic carbocycles. The highest BCUT2D eigenvalue weighted by atomic mass is 19.1. The number of halogens is 1. The number of hydrogen-bond donors (Lipinski definition) is 1. The van der Waals surface area contributed by atoms with Crippen molar-refractivity contribution in [1.82, 2.24) is 29.1 Å². The summed E-state index contributed by atoms with van der Waals surface area (Å²) in [5.41, 5.74) is 4.08. The first kappa shape index (κ1) is 17.8. The molecule has 0 radical (unpaired) electrons. The maximum Gasteiger partial charge on any atom is 0.328 e. The van der Waals surface area contributed by atoms with Gasteiger partial charge in [0.15, 0.2) is 17.2 Å². The summed E-state index contributed by atoms with van der Waals surface area (Å²) in [7, 11) is 0. The van der Waals surface area contributed by atoms with E-state index < -0.39 is 11.9 Å². The van der Waals surface area contributed by atoms with Gasteiger partial charge in [-0.05, 0) is 30.7 Å². The topological polar surface area (TPSA) is 90.6 Å². The Hall–Kier alpha value is -4.01. The molecule has 0 unspecified atom stereocenters. The summed E-state index contributed by atoms with van der Waals surface area (Å²) in [4.78, 5) is 29.2. The van der Waals surface area contributed by atoms with Crippen LogP contribution >= 0.6 is 0 Å². The predicted octanol–water partition coefficient (Wildman–Crippen LogP) is 3.28. The van der Waals surface area contributed by atoms with Gasteiger partial charge in [-0.3, -0.25) is 9.13 Å². The van der Waals surface area contributed by atoms with Crippen molar-refractivity contribution in [3.8, 4) is 11.7 Å². The number of rotatable bonds is 2. The third-order valence-electron chi connectivity index (χ3n) is 5.67. The molecule has 1 aliphatic heterocycles. The van der Waals surface area contributed by atoms with E-state index in [1.54, 1.807) is 33.8 Å². The Morgan fingerprint density at radius 3 is 3.03 bits per heavy atom. The van der Waals surface area contributed by atoms with Gasteiger partial charge in [0.05, 0.1) is 29.9 Å². The fraction of sp³-hybridized carbons (Fsp3) is 0.182. The summed E-state index contributed by atoms with van der Waals surface area (Å²) >= 11 is 0. The van der Waals surface area contributed by atoms with E-state index in [4.69, 9.17) is 9.72 Å². The fourth-order valence-corrected chi connectivity index (χ4v) is 4.23. The summed E-state index contributed by atoms with van der Waals surface area (Å²) < 4.78 is 23.1. The quantitative estimate of drug-likeness (QED) is 0.477. The third-order valence-corrected chi connectivity index (χ3v) is 5.67. The van der Waals surface area contributed by atoms with Gasteiger partial charge < -0.3 is 9.72 Å². The second-order valence-corrected chi connectivity index (χ2v) is 7.63. The molecule has 0 fully saturated rings. The number of aromatic amines is 1. The maximum absolute atomic E-state index is 14.3. The van der Waals surface area contributed by atoms with Crippen LogP contribution in [0.5, 0.6) is 5.75 Å². The average molecular weight is 416 g/mol. The van der Waals surface area contributed by atoms with Crippen LogP contribution in [0, 0.1) is 12.7 Å². The summed E-state index contributed by atoms with van der Waals surface area (Å²) in [5.74, 6) is 0.147. The van der Waals surface area contributed by atoms with Gasteiger partial charge in [0, 0.05) is 12.0 Å². The highest BCUT2D eigenvalue weighted by Crippen LogP contribution is 2.36. The minimum absolute atomic E-state index is 0.185. The maximum atomic E-state index is 14.3. The predicted molar refractivity (Wildman–Crippen MR) is 112 cm³/mol. The minimum atomic E-state index is -0.439. The molecule has 1 N–H and O–H groups in total. The molecule has 3 aromatic heterocycles. The molecule has 9 heteroatoms. The minimum Gasteiger partial charge on any atom is -0.490 e. The van der Waals surface area contributed by atoms with Crippen LogP contribution in [0.25, 0.3) is 28.1 Å². The molecule has 2 aromatic carbocycles. The van der Waals surface area contributed by atoms with E-state index in [2.05, 4.69) is 15.0 Å². The van der Waals surface area contributed by atoms with Crippen molar-refractivity contribution < 1.29 is 9.13 Å². The molecule has 0 amide bonds. The van der Waals surface area contributed by atoms with Crippen LogP contribution < -0.4 is 10.4 Å². The number of aryl methyl sites for hydroxylation is 1. The number of fused-ring (bicyclic) bond motifs is 3. The summed E-state index contributed by atoms with van der Waals surface area (Å²) in [6.45, 7) is 2.31. The van der Waals surface area contributed by atoms with Crippen LogP contribution in [-0.2, 0) is 0 Å². The van der Waals surface area contributed by atoms with Crippen LogP contribution in [0.1, 0.15) is 23.6 Å². The number of imidazole rings is 2. The highest BCUT2D eigenvalue weighted by Gasteiger charge is 2.28. The van der Waals surface area contributed by atoms with Gasteiger partial charge in [0.1, 0.15) is 11.8 Å². The van der Waals surface area contributed by atoms with E-state index in [1.165, 1.54) is 6.07 Å². The number of ether oxygens (including phenoxy) is 1. The zero-order chi connectivity index (χ0) is 21.1. The van der Waals surface area contributed by atoms with E-state index in [-0.39, 0.29) is 11.4 Å². The van der Waals surface area contributed by atoms with Crippen LogP contribution in [0.4, 0.5) is 4.39 Å². The molecule has 8 nitrogen and oxygen atoms in total. The molecule has 0 saturated heterocycles. The largest absolute Gasteiger partial charge is 0.490 e. The molecule has 1 atom stereocenters. The van der Waals surface area contributed by atoms with Gasteiger partial charge in [0.25, 0.3) is 0 Å². The Morgan fingerprint density at radius 2 is 2.13 bits per heavy atom. The van der Waals surface area contributed by atoms with Gasteiger partial charge >= 0.3 is 5.69 Å². The number of H-pyrrole nitrogens is 1. The average Bonchev–Trinajstić information content (AvgIpc) is 3.33. The summed E-state index contributed by atoms with van der Waals surface area (Å²) in [6, 6.07) is 10.3. The molecule has 0 saturated carbocycles. The Bertz CT molecular complexity index is 1530. The van der Waals surface area contributed by atoms with E-state index in [0.29, 0.717) is 35.7 Å². The van der Waals surface area contributed by atoms with Crippen molar-refractivity contribution in [2.75, 3.05) is 6.61 Å². The van der Waals surface area contributed by atoms with Crippen LogP contribution in [0.15, 0.2) is 53.7 Å². The van der Waals surface area contributed by atoms with Crippen LogP contribution in [0.3, 0.4) is 0 Å². The van der Waals surface area contributed by atoms with Crippen molar-refractivity contribution >= 4 is 22.2 Å². The molecule has 0 bridgehead atoms. The van der Waals surface area contributed by atoms with Crippen molar-refractivity contribution in [1.29, 1.82) is 0 Å². The summed E-state index contributed by atoms with van der Waals surface area (Å²) in [6.07, 6.45) is 3.77. The van der Waals surface area contributed by atoms with Gasteiger partial charge in [-0.1, -0.05) is 18.2 Å². The van der Waals surface area contributed by atoms with Crippen molar-refractivity contribution in [2.24, 2.45) is 0 Å². The first-order valence-corrected chi connectivity index (χ1v) is 9.93. The number of para-hydroxylation sites is 1. The zero-order valence-electron chi connectivity index (χ0n) is 16.5. The standard InChI is InChI=1S/C22H17FN6O2/c1-12-5-6-18-15(9-12)25-11-28(18)21-24-10-16-20(27-21)29(22(30)26-16)17-7-8-31-19-13(17)3-2-4-14(19)23/h2-6,9-11,17H,7-8H2,1H3,(H,26,30)/t17-/m1/s1. The summed E-state index contributed by atoms with van der Waals surface area (Å²) in [5, 5.41) is 0. The molecule has 1 aliphatic rings. The molecule has 6 rings (SSSR count). The smallest absolute Gasteiger partial charge is 0.328 e. The fourth-order valence-electron chi connectivity index (χ4n) is 4.23. The molecule has 5 aromatic rings. The lowest BCUT2D eigenvalue weighted by Gasteiger charge is -2.26. The number of nitrogens with zero attached hydrogens (tertiary/aromatic N) is 5. The van der Waals surface area contributed by atoms with Gasteiger partial charge in [-0.2, -0.15) is 4.98 Å².